The number of carbonyl (C=O) groups is 2. The Kier molecular flexibility index (Phi) is 8.27. The molecule has 0 fully saturated rings. The van der Waals surface area contributed by atoms with Crippen LogP contribution in [-0.2, 0) is 21.4 Å². The van der Waals surface area contributed by atoms with Crippen LogP contribution in [0.1, 0.15) is 63.9 Å². The van der Waals surface area contributed by atoms with Crippen LogP contribution in [0.3, 0.4) is 0 Å². The van der Waals surface area contributed by atoms with E-state index in [1.807, 2.05) is 19.9 Å². The normalized spacial score (nSPS) is 12.3. The first-order valence-electron chi connectivity index (χ1n) is 10.6. The topological polar surface area (TPSA) is 108 Å². The van der Waals surface area contributed by atoms with Gasteiger partial charge in [-0.25, -0.2) is 14.2 Å². The molecule has 0 spiro atoms. The van der Waals surface area contributed by atoms with Gasteiger partial charge in [-0.2, -0.15) is 0 Å². The minimum absolute atomic E-state index is 0.0465. The predicted octanol–water partition coefficient (Wildman–Crippen LogP) is 4.73. The van der Waals surface area contributed by atoms with E-state index in [0.717, 1.165) is 28.1 Å². The van der Waals surface area contributed by atoms with Crippen LogP contribution in [0.25, 0.3) is 11.1 Å². The van der Waals surface area contributed by atoms with Crippen molar-refractivity contribution in [2.24, 2.45) is 0 Å². The quantitative estimate of drug-likeness (QED) is 0.366. The molecule has 2 aromatic rings. The fourth-order valence-corrected chi connectivity index (χ4v) is 4.90. The third-order valence-corrected chi connectivity index (χ3v) is 6.92. The first kappa shape index (κ1) is 26.0. The van der Waals surface area contributed by atoms with Crippen LogP contribution in [0, 0.1) is 5.82 Å². The number of hydrogen-bond acceptors (Lipinski definition) is 5. The highest BCUT2D eigenvalue weighted by molar-refractivity contribution is 7.65. The summed E-state index contributed by atoms with van der Waals surface area (Å²) in [7, 11) is -3.63. The first-order valence-corrected chi connectivity index (χ1v) is 12.6. The fourth-order valence-electron chi connectivity index (χ4n) is 3.48. The van der Waals surface area contributed by atoms with Crippen molar-refractivity contribution in [2.45, 2.75) is 58.8 Å². The Balaban J connectivity index is 2.50. The molecule has 0 aliphatic rings. The van der Waals surface area contributed by atoms with Gasteiger partial charge >= 0.3 is 5.97 Å². The van der Waals surface area contributed by atoms with Crippen LogP contribution >= 0.6 is 7.72 Å². The summed E-state index contributed by atoms with van der Waals surface area (Å²) in [6.07, 6.45) is -1.11. The number of carboxylic acid groups (broad SMARTS) is 1. The zero-order valence-electron chi connectivity index (χ0n) is 19.2. The number of aromatic nitrogens is 1. The molecule has 0 saturated carbocycles. The maximum Gasteiger partial charge on any atom is 0.311 e. The number of benzene rings is 1. The molecule has 0 amide bonds. The van der Waals surface area contributed by atoms with Crippen LogP contribution < -0.4 is 0 Å². The molecule has 1 aromatic carbocycles. The summed E-state index contributed by atoms with van der Waals surface area (Å²) >= 11 is 0. The second-order valence-corrected chi connectivity index (χ2v) is 12.0. The van der Waals surface area contributed by atoms with Gasteiger partial charge in [0.05, 0.1) is 0 Å². The number of pyridine rings is 1. The summed E-state index contributed by atoms with van der Waals surface area (Å²) in [5, 5.41) is 8.75. The maximum atomic E-state index is 13.5. The summed E-state index contributed by atoms with van der Waals surface area (Å²) in [6.45, 7) is 10.2. The van der Waals surface area contributed by atoms with Gasteiger partial charge in [0.15, 0.2) is 11.9 Å². The summed E-state index contributed by atoms with van der Waals surface area (Å²) in [4.78, 5) is 48.3. The average Bonchev–Trinajstić information content (AvgIpc) is 2.64. The van der Waals surface area contributed by atoms with Crippen molar-refractivity contribution >= 4 is 19.5 Å². The smallest absolute Gasteiger partial charge is 0.311 e. The number of aliphatic carboxylic acids is 1. The van der Waals surface area contributed by atoms with Crippen molar-refractivity contribution < 1.29 is 28.9 Å². The number of halogens is 1. The van der Waals surface area contributed by atoms with Crippen molar-refractivity contribution in [3.63, 3.8) is 0 Å². The minimum Gasteiger partial charge on any atom is -0.481 e. The van der Waals surface area contributed by atoms with E-state index in [0.29, 0.717) is 0 Å². The van der Waals surface area contributed by atoms with E-state index in [2.05, 4.69) is 20.8 Å². The zero-order chi connectivity index (χ0) is 24.3. The largest absolute Gasteiger partial charge is 0.481 e. The van der Waals surface area contributed by atoms with Gasteiger partial charge in [0.25, 0.3) is 7.72 Å². The van der Waals surface area contributed by atoms with Crippen molar-refractivity contribution in [1.82, 2.24) is 4.98 Å². The molecule has 0 aliphatic carbocycles. The number of rotatable bonds is 9. The molecule has 3 N–H and O–H groups in total. The zero-order valence-corrected chi connectivity index (χ0v) is 20.1. The Morgan fingerprint density at radius 2 is 1.72 bits per heavy atom. The molecule has 2 rings (SSSR count). The van der Waals surface area contributed by atoms with E-state index in [1.165, 1.54) is 12.1 Å². The number of ketones is 1. The Bertz CT molecular complexity index is 981. The Morgan fingerprint density at radius 3 is 2.22 bits per heavy atom. The third-order valence-electron chi connectivity index (χ3n) is 5.12. The second-order valence-electron chi connectivity index (χ2n) is 9.45. The van der Waals surface area contributed by atoms with E-state index in [1.54, 1.807) is 12.1 Å². The number of Topliss-reactive ketones (excluding diaryl/α,β-unsaturated/α-hetero) is 1. The summed E-state index contributed by atoms with van der Waals surface area (Å²) in [5.74, 6) is -2.31. The van der Waals surface area contributed by atoms with Gasteiger partial charge in [0.2, 0.25) is 0 Å². The number of carboxylic acids is 1. The molecule has 174 valence electrons. The Labute approximate surface area is 189 Å². The highest BCUT2D eigenvalue weighted by Crippen LogP contribution is 2.51. The molecule has 0 saturated heterocycles. The molecule has 0 unspecified atom stereocenters. The molecule has 6 nitrogen and oxygen atoms in total. The third kappa shape index (κ3) is 7.16. The molecule has 1 heterocycles. The molecule has 0 radical (unpaired) electrons. The number of nitrogens with zero attached hydrogens (tertiary/aromatic N) is 1. The lowest BCUT2D eigenvalue weighted by molar-refractivity contribution is -0.139. The Morgan fingerprint density at radius 1 is 1.12 bits per heavy atom. The monoisotopic (exact) mass is 464 g/mol. The highest BCUT2D eigenvalue weighted by Gasteiger charge is 2.37. The number of carbonyl (C=O) groups excluding carboxylic acids is 1. The maximum absolute atomic E-state index is 13.5. The van der Waals surface area contributed by atoms with Crippen molar-refractivity contribution in [1.29, 1.82) is 0 Å². The molecular formula is C24H32FNO5P+. The van der Waals surface area contributed by atoms with Gasteiger partial charge in [0.1, 0.15) is 18.4 Å². The van der Waals surface area contributed by atoms with Crippen LogP contribution in [-0.4, -0.2) is 44.0 Å². The van der Waals surface area contributed by atoms with Crippen molar-refractivity contribution in [3.8, 4) is 11.1 Å². The van der Waals surface area contributed by atoms with Gasteiger partial charge in [-0.15, -0.1) is 0 Å². The molecule has 32 heavy (non-hydrogen) atoms. The summed E-state index contributed by atoms with van der Waals surface area (Å²) in [6, 6.07) is 8.08. The van der Waals surface area contributed by atoms with E-state index in [4.69, 9.17) is 10.1 Å². The molecule has 0 aliphatic heterocycles. The van der Waals surface area contributed by atoms with Gasteiger partial charge in [0, 0.05) is 23.2 Å². The van der Waals surface area contributed by atoms with Crippen molar-refractivity contribution in [2.75, 3.05) is 12.3 Å². The van der Waals surface area contributed by atoms with E-state index >= 15 is 0 Å². The first-order chi connectivity index (χ1) is 14.7. The average molecular weight is 464 g/mol. The lowest BCUT2D eigenvalue weighted by Gasteiger charge is -2.25. The summed E-state index contributed by atoms with van der Waals surface area (Å²) in [5.41, 5.74) is 3.90. The SMILES string of the molecule is CC(C)c1nc(C(C)(C)C)cc(-c2ccc(F)cc2)c1CC[P+](O)(O)CC(=O)CC(=O)O. The van der Waals surface area contributed by atoms with E-state index in [-0.39, 0.29) is 29.7 Å². The van der Waals surface area contributed by atoms with E-state index in [9.17, 15) is 23.8 Å². The van der Waals surface area contributed by atoms with E-state index < -0.39 is 32.1 Å². The van der Waals surface area contributed by atoms with Crippen LogP contribution in [0.2, 0.25) is 0 Å². The standard InChI is InChI=1S/C24H31FNO5P/c1-15(2)23-19(10-11-32(30,31)14-18(27)12-22(28)29)20(13-21(26-23)24(3,4)5)16-6-8-17(25)9-7-16/h6-9,13,15,30-31H,10-12,14H2,1-5H3/p+1. The Hall–Kier alpha value is -2.21. The molecule has 1 aromatic heterocycles. The molecule has 8 heteroatoms. The number of hydrogen-bond donors (Lipinski definition) is 3. The van der Waals surface area contributed by atoms with Crippen LogP contribution in [0.4, 0.5) is 4.39 Å². The van der Waals surface area contributed by atoms with Gasteiger partial charge in [-0.1, -0.05) is 46.8 Å². The lowest BCUT2D eigenvalue weighted by Crippen LogP contribution is -2.19. The fraction of sp³-hybridized carbons (Fsp3) is 0.458. The summed E-state index contributed by atoms with van der Waals surface area (Å²) < 4.78 is 13.5. The van der Waals surface area contributed by atoms with Crippen LogP contribution in [0.15, 0.2) is 30.3 Å². The van der Waals surface area contributed by atoms with Crippen LogP contribution in [0.5, 0.6) is 0 Å². The predicted molar refractivity (Wildman–Crippen MR) is 124 cm³/mol. The second kappa shape index (κ2) is 10.2. The highest BCUT2D eigenvalue weighted by atomic mass is 31.2. The molecular weight excluding hydrogens is 432 g/mol. The van der Waals surface area contributed by atoms with Gasteiger partial charge in [-0.3, -0.25) is 14.6 Å². The molecule has 0 atom stereocenters. The minimum atomic E-state index is -3.63. The van der Waals surface area contributed by atoms with Crippen molar-refractivity contribution in [3.05, 3.63) is 53.1 Å². The van der Waals surface area contributed by atoms with Gasteiger partial charge < -0.3 is 5.11 Å². The van der Waals surface area contributed by atoms with Gasteiger partial charge in [-0.05, 0) is 40.8 Å². The lowest BCUT2D eigenvalue weighted by atomic mass is 9.86. The molecule has 0 bridgehead atoms.